The number of nitrogens with zero attached hydrogens (tertiary/aromatic N) is 2. The molecular formula is C49H94N4O13. The predicted molar refractivity (Wildman–Crippen MR) is 252 cm³/mol. The number of nitrogens with one attached hydrogen (secondary N) is 2. The van der Waals surface area contributed by atoms with Crippen molar-refractivity contribution in [1.82, 2.24) is 20.4 Å². The molecule has 66 heavy (non-hydrogen) atoms. The molecule has 0 saturated carbocycles. The molecular weight excluding hydrogens is 853 g/mol. The first-order valence-electron chi connectivity index (χ1n) is 24.5. The summed E-state index contributed by atoms with van der Waals surface area (Å²) in [4.78, 5) is 31.5. The number of hydrogen-bond donors (Lipinski definition) is 7. The van der Waals surface area contributed by atoms with Crippen LogP contribution in [0.1, 0.15) is 142 Å². The van der Waals surface area contributed by atoms with E-state index < -0.39 is 101 Å². The van der Waals surface area contributed by atoms with Gasteiger partial charge < -0.3 is 69.5 Å². The van der Waals surface area contributed by atoms with Gasteiger partial charge in [-0.15, -0.1) is 0 Å². The maximum atomic E-state index is 14.5. The highest BCUT2D eigenvalue weighted by Crippen LogP contribution is 2.40. The average molecular weight is 947 g/mol. The molecule has 2 amide bonds. The lowest BCUT2D eigenvalue weighted by Crippen LogP contribution is -2.60. The van der Waals surface area contributed by atoms with E-state index in [-0.39, 0.29) is 48.8 Å². The second-order valence-corrected chi connectivity index (χ2v) is 23.1. The number of likely N-dealkylation sites (N-methyl/N-ethyl adjacent to an activating group) is 1. The van der Waals surface area contributed by atoms with E-state index in [2.05, 4.69) is 31.4 Å². The van der Waals surface area contributed by atoms with Crippen LogP contribution >= 0.6 is 0 Å². The van der Waals surface area contributed by atoms with Crippen molar-refractivity contribution >= 4 is 12.0 Å². The van der Waals surface area contributed by atoms with Gasteiger partial charge in [-0.2, -0.15) is 0 Å². The number of aliphatic hydroxyl groups excluding tert-OH is 3. The van der Waals surface area contributed by atoms with E-state index in [1.807, 2.05) is 65.4 Å². The number of urea groups is 1. The van der Waals surface area contributed by atoms with Gasteiger partial charge in [-0.3, -0.25) is 9.69 Å². The summed E-state index contributed by atoms with van der Waals surface area (Å²) in [6.07, 6.45) is -7.66. The Hall–Kier alpha value is -1.74. The van der Waals surface area contributed by atoms with Gasteiger partial charge >= 0.3 is 12.0 Å². The van der Waals surface area contributed by atoms with Gasteiger partial charge in [-0.1, -0.05) is 41.5 Å². The summed E-state index contributed by atoms with van der Waals surface area (Å²) in [5, 5.41) is 66.0. The molecule has 0 radical (unpaired) electrons. The molecule has 17 heteroatoms. The van der Waals surface area contributed by atoms with Gasteiger partial charge in [0, 0.05) is 56.7 Å². The van der Waals surface area contributed by atoms with E-state index in [1.54, 1.807) is 34.6 Å². The number of amides is 2. The molecule has 0 aromatic rings. The average Bonchev–Trinajstić information content (AvgIpc) is 3.18. The third-order valence-electron chi connectivity index (χ3n) is 14.4. The molecule has 0 aromatic heterocycles. The van der Waals surface area contributed by atoms with Crippen molar-refractivity contribution < 1.29 is 63.5 Å². The number of carbonyl (C=O) groups is 2. The van der Waals surface area contributed by atoms with Crippen molar-refractivity contribution in [2.24, 2.45) is 23.2 Å². The van der Waals surface area contributed by atoms with E-state index in [0.717, 1.165) is 6.42 Å². The molecule has 3 heterocycles. The summed E-state index contributed by atoms with van der Waals surface area (Å²) >= 11 is 0. The molecule has 3 aliphatic rings. The van der Waals surface area contributed by atoms with E-state index in [9.17, 15) is 35.1 Å². The molecule has 3 saturated heterocycles. The Morgan fingerprint density at radius 1 is 0.939 bits per heavy atom. The molecule has 18 atom stereocenters. The van der Waals surface area contributed by atoms with E-state index in [1.165, 1.54) is 14.0 Å². The lowest BCUT2D eigenvalue weighted by Gasteiger charge is -2.48. The molecule has 0 unspecified atom stereocenters. The first-order chi connectivity index (χ1) is 30.2. The highest BCUT2D eigenvalue weighted by atomic mass is 16.7. The number of carbonyl (C=O) groups excluding carboxylic acids is 2. The van der Waals surface area contributed by atoms with Crippen molar-refractivity contribution in [1.29, 1.82) is 0 Å². The summed E-state index contributed by atoms with van der Waals surface area (Å²) < 4.78 is 38.1. The first kappa shape index (κ1) is 58.6. The van der Waals surface area contributed by atoms with Crippen LogP contribution < -0.4 is 10.6 Å². The maximum absolute atomic E-state index is 14.5. The normalized spacial score (nSPS) is 42.0. The highest BCUT2D eigenvalue weighted by Gasteiger charge is 2.53. The van der Waals surface area contributed by atoms with Gasteiger partial charge in [0.15, 0.2) is 12.6 Å². The van der Waals surface area contributed by atoms with Crippen molar-refractivity contribution in [2.75, 3.05) is 40.8 Å². The van der Waals surface area contributed by atoms with Crippen LogP contribution in [0.4, 0.5) is 4.79 Å². The Bertz CT molecular complexity index is 1530. The molecule has 3 rings (SSSR count). The smallest absolute Gasteiger partial charge is 0.315 e. The number of methoxy groups -OCH3 is 1. The quantitative estimate of drug-likeness (QED) is 0.102. The summed E-state index contributed by atoms with van der Waals surface area (Å²) in [6.45, 7) is 29.0. The van der Waals surface area contributed by atoms with Crippen LogP contribution in [-0.2, 0) is 33.2 Å². The van der Waals surface area contributed by atoms with Crippen molar-refractivity contribution in [3.8, 4) is 0 Å². The van der Waals surface area contributed by atoms with Crippen LogP contribution in [0.15, 0.2) is 0 Å². The summed E-state index contributed by atoms with van der Waals surface area (Å²) in [5.74, 6) is -2.85. The topological polar surface area (TPSA) is 221 Å². The molecule has 17 nitrogen and oxygen atoms in total. The van der Waals surface area contributed by atoms with Gasteiger partial charge in [0.05, 0.1) is 41.5 Å². The number of rotatable bonds is 13. The number of esters is 1. The molecule has 3 fully saturated rings. The fourth-order valence-corrected chi connectivity index (χ4v) is 11.1. The van der Waals surface area contributed by atoms with Gasteiger partial charge in [0.2, 0.25) is 0 Å². The zero-order chi connectivity index (χ0) is 50.5. The van der Waals surface area contributed by atoms with Crippen molar-refractivity contribution in [3.63, 3.8) is 0 Å². The minimum atomic E-state index is -1.91. The lowest BCUT2D eigenvalue weighted by molar-refractivity contribution is -0.318. The second-order valence-electron chi connectivity index (χ2n) is 23.1. The Balaban J connectivity index is 2.10. The van der Waals surface area contributed by atoms with Crippen molar-refractivity contribution in [3.05, 3.63) is 0 Å². The van der Waals surface area contributed by atoms with Gasteiger partial charge in [0.1, 0.15) is 30.0 Å². The standard InChI is InChI=1S/C49H94N4O13/c1-19-35-49(15,60)39(55)32(6)53(22-20-21-50-44(58)51-46(11,12)27-45(8,9)10)26-28(2)24-47(13,59)41(66-43-37(54)34(52(16)17)23-29(3)62-43)30(4)38(31(5)42(57)64-35)65-36-25-48(14,61-18)40(56)33(7)63-36/h28-41,43,54-56,59-60H,19-27H2,1-18H3,(H2,50,51,58)/t28-,29-,30+,31-,32-,33+,34+,35-,36+,37-,38+,39-,40+,41-,43+,47-,48-,49-/m1/s1. The summed E-state index contributed by atoms with van der Waals surface area (Å²) in [5.41, 5.74) is -5.03. The second kappa shape index (κ2) is 23.4. The Morgan fingerprint density at radius 2 is 1.56 bits per heavy atom. The number of hydrogen-bond acceptors (Lipinski definition) is 15. The van der Waals surface area contributed by atoms with E-state index in [4.69, 9.17) is 28.4 Å². The van der Waals surface area contributed by atoms with Crippen LogP contribution in [0.3, 0.4) is 0 Å². The fraction of sp³-hybridized carbons (Fsp3) is 0.959. The highest BCUT2D eigenvalue weighted by molar-refractivity contribution is 5.74. The summed E-state index contributed by atoms with van der Waals surface area (Å²) in [7, 11) is 5.26. The minimum absolute atomic E-state index is 0.0150. The fourth-order valence-electron chi connectivity index (χ4n) is 11.1. The van der Waals surface area contributed by atoms with Crippen LogP contribution in [0.2, 0.25) is 0 Å². The van der Waals surface area contributed by atoms with Gasteiger partial charge in [0.25, 0.3) is 0 Å². The lowest BCUT2D eigenvalue weighted by atomic mass is 9.77. The zero-order valence-corrected chi connectivity index (χ0v) is 43.9. The van der Waals surface area contributed by atoms with E-state index in [0.29, 0.717) is 32.5 Å². The molecule has 388 valence electrons. The van der Waals surface area contributed by atoms with Crippen LogP contribution in [0, 0.1) is 23.2 Å². The summed E-state index contributed by atoms with van der Waals surface area (Å²) in [6, 6.07) is -1.26. The molecule has 0 bridgehead atoms. The first-order valence-corrected chi connectivity index (χ1v) is 24.5. The van der Waals surface area contributed by atoms with Crippen LogP contribution in [0.25, 0.3) is 0 Å². The van der Waals surface area contributed by atoms with Crippen molar-refractivity contribution in [2.45, 2.75) is 238 Å². The van der Waals surface area contributed by atoms with E-state index >= 15 is 0 Å². The maximum Gasteiger partial charge on any atom is 0.315 e. The van der Waals surface area contributed by atoms with Gasteiger partial charge in [-0.05, 0) is 120 Å². The predicted octanol–water partition coefficient (Wildman–Crippen LogP) is 4.18. The monoisotopic (exact) mass is 947 g/mol. The SMILES string of the molecule is CC[C@H]1OC(=O)[C@H](C)[C@@H](O[C@H]2C[C@@](C)(OC)[C@@H](O)[C@H](C)O2)[C@H](C)[C@@H](O[C@@H]2O[C@H](C)C[C@H](N(C)C)[C@H]2O)[C@](C)(O)C[C@@H](C)CN(CCCNC(=O)NC(C)(C)CC(C)(C)C)[C@H](C)[C@@H](O)[C@]1(C)O. The third-order valence-corrected chi connectivity index (χ3v) is 14.4. The van der Waals surface area contributed by atoms with Crippen LogP contribution in [0.5, 0.6) is 0 Å². The molecule has 3 aliphatic heterocycles. The number of ether oxygens (including phenoxy) is 6. The Kier molecular flexibility index (Phi) is 20.8. The number of cyclic esters (lactones) is 1. The Morgan fingerprint density at radius 3 is 2.12 bits per heavy atom. The van der Waals surface area contributed by atoms with Gasteiger partial charge in [-0.25, -0.2) is 4.79 Å². The largest absolute Gasteiger partial charge is 0.459 e. The minimum Gasteiger partial charge on any atom is -0.459 e. The Labute approximate surface area is 397 Å². The molecule has 0 aliphatic carbocycles. The third kappa shape index (κ3) is 15.4. The molecule has 7 N–H and O–H groups in total. The van der Waals surface area contributed by atoms with Crippen LogP contribution in [-0.4, -0.2) is 184 Å². The zero-order valence-electron chi connectivity index (χ0n) is 43.9. The number of aliphatic hydroxyl groups is 5. The molecule has 0 aromatic carbocycles. The molecule has 0 spiro atoms.